The number of methoxy groups -OCH3 is 1. The van der Waals surface area contributed by atoms with Crippen LogP contribution in [0.2, 0.25) is 0 Å². The topological polar surface area (TPSA) is 92.4 Å². The lowest BCUT2D eigenvalue weighted by molar-refractivity contribution is -0.617. The molecule has 3 rings (SSSR count). The van der Waals surface area contributed by atoms with E-state index in [2.05, 4.69) is 35.7 Å². The predicted molar refractivity (Wildman–Crippen MR) is 91.4 cm³/mol. The van der Waals surface area contributed by atoms with Crippen LogP contribution in [-0.2, 0) is 21.6 Å². The lowest BCUT2D eigenvalue weighted by atomic mass is 10.2. The van der Waals surface area contributed by atoms with Crippen molar-refractivity contribution in [2.24, 2.45) is 7.05 Å². The molecular weight excluding hydrogens is 400 g/mol. The van der Waals surface area contributed by atoms with Crippen molar-refractivity contribution in [1.82, 2.24) is 4.98 Å². The maximum absolute atomic E-state index is 9.22. The fourth-order valence-corrected chi connectivity index (χ4v) is 2.48. The standard InChI is InChI=1S/C14H12BrN2O.CH4O4S/c1-17-13-5-3-9(15)7-11(13)16-12-8-10(18-2)4-6-14(12)17;1-5-6(2,3)4/h3-8H,1-2H3;1H3,(H,2,3,4)/q+1;/p-1. The first-order valence-corrected chi connectivity index (χ1v) is 8.82. The van der Waals surface area contributed by atoms with E-state index in [9.17, 15) is 13.0 Å². The minimum atomic E-state index is -4.41. The third kappa shape index (κ3) is 4.38. The van der Waals surface area contributed by atoms with Crippen LogP contribution in [0.4, 0.5) is 0 Å². The summed E-state index contributed by atoms with van der Waals surface area (Å²) in [7, 11) is 0.110. The van der Waals surface area contributed by atoms with Gasteiger partial charge in [0.15, 0.2) is 0 Å². The van der Waals surface area contributed by atoms with Crippen LogP contribution in [0, 0.1) is 0 Å². The molecule has 0 atom stereocenters. The van der Waals surface area contributed by atoms with Gasteiger partial charge in [-0.1, -0.05) is 15.9 Å². The molecule has 0 aliphatic rings. The summed E-state index contributed by atoms with van der Waals surface area (Å²) in [5.41, 5.74) is 4.09. The van der Waals surface area contributed by atoms with E-state index in [0.717, 1.165) is 39.4 Å². The molecular formula is C15H15BrN2O5S. The molecule has 128 valence electrons. The predicted octanol–water partition coefficient (Wildman–Crippen LogP) is 2.08. The number of nitrogens with zero attached hydrogens (tertiary/aromatic N) is 2. The van der Waals surface area contributed by atoms with Gasteiger partial charge >= 0.3 is 0 Å². The summed E-state index contributed by atoms with van der Waals surface area (Å²) in [6, 6.07) is 12.1. The molecule has 0 fully saturated rings. The van der Waals surface area contributed by atoms with Gasteiger partial charge in [0.25, 0.3) is 0 Å². The first-order chi connectivity index (χ1) is 11.2. The number of aromatic nitrogens is 2. The van der Waals surface area contributed by atoms with Gasteiger partial charge in [0, 0.05) is 22.7 Å². The highest BCUT2D eigenvalue weighted by molar-refractivity contribution is 9.10. The Hall–Kier alpha value is -1.81. The van der Waals surface area contributed by atoms with Gasteiger partial charge < -0.3 is 9.29 Å². The van der Waals surface area contributed by atoms with Gasteiger partial charge in [-0.2, -0.15) is 4.57 Å². The number of fused-ring (bicyclic) bond motifs is 2. The third-order valence-electron chi connectivity index (χ3n) is 3.29. The Morgan fingerprint density at radius 1 is 1.08 bits per heavy atom. The Balaban J connectivity index is 0.000000301. The highest BCUT2D eigenvalue weighted by Gasteiger charge is 2.13. The van der Waals surface area contributed by atoms with Crippen molar-refractivity contribution < 1.29 is 26.5 Å². The molecule has 0 N–H and O–H groups in total. The quantitative estimate of drug-likeness (QED) is 0.276. The highest BCUT2D eigenvalue weighted by Crippen LogP contribution is 2.21. The zero-order valence-corrected chi connectivity index (χ0v) is 15.6. The van der Waals surface area contributed by atoms with Gasteiger partial charge in [-0.05, 0) is 18.2 Å². The van der Waals surface area contributed by atoms with E-state index in [0.29, 0.717) is 0 Å². The van der Waals surface area contributed by atoms with Crippen LogP contribution in [0.25, 0.3) is 22.1 Å². The lowest BCUT2D eigenvalue weighted by Crippen LogP contribution is -2.30. The van der Waals surface area contributed by atoms with Gasteiger partial charge in [-0.15, -0.1) is 0 Å². The smallest absolute Gasteiger partial charge is 0.231 e. The number of aryl methyl sites for hydroxylation is 1. The van der Waals surface area contributed by atoms with Gasteiger partial charge in [-0.3, -0.25) is 4.18 Å². The number of benzene rings is 2. The third-order valence-corrected chi connectivity index (χ3v) is 4.19. The first-order valence-electron chi connectivity index (χ1n) is 6.69. The van der Waals surface area contributed by atoms with Crippen LogP contribution < -0.4 is 9.30 Å². The van der Waals surface area contributed by atoms with Crippen LogP contribution in [-0.4, -0.2) is 32.2 Å². The highest BCUT2D eigenvalue weighted by atomic mass is 79.9. The van der Waals surface area contributed by atoms with Crippen LogP contribution in [0.5, 0.6) is 5.75 Å². The molecule has 0 saturated heterocycles. The summed E-state index contributed by atoms with van der Waals surface area (Å²) in [4.78, 5) is 4.68. The Bertz CT molecular complexity index is 992. The summed E-state index contributed by atoms with van der Waals surface area (Å²) < 4.78 is 39.4. The molecule has 0 amide bonds. The lowest BCUT2D eigenvalue weighted by Gasteiger charge is -2.03. The number of hydrogen-bond donors (Lipinski definition) is 0. The molecule has 7 nitrogen and oxygen atoms in total. The van der Waals surface area contributed by atoms with Crippen LogP contribution >= 0.6 is 15.9 Å². The molecule has 2 aromatic carbocycles. The first kappa shape index (κ1) is 18.5. The summed E-state index contributed by atoms with van der Waals surface area (Å²) in [6.07, 6.45) is 0. The Labute approximate surface area is 147 Å². The van der Waals surface area contributed by atoms with E-state index in [4.69, 9.17) is 4.74 Å². The molecule has 0 radical (unpaired) electrons. The molecule has 0 bridgehead atoms. The monoisotopic (exact) mass is 414 g/mol. The maximum atomic E-state index is 9.22. The molecule has 0 aliphatic heterocycles. The van der Waals surface area contributed by atoms with E-state index < -0.39 is 10.4 Å². The van der Waals surface area contributed by atoms with Crippen molar-refractivity contribution in [2.75, 3.05) is 14.2 Å². The zero-order chi connectivity index (χ0) is 17.9. The van der Waals surface area contributed by atoms with E-state index in [-0.39, 0.29) is 0 Å². The minimum Gasteiger partial charge on any atom is -0.726 e. The number of ether oxygens (including phenoxy) is 1. The second-order valence-electron chi connectivity index (χ2n) is 4.73. The largest absolute Gasteiger partial charge is 0.726 e. The van der Waals surface area contributed by atoms with E-state index in [1.165, 1.54) is 0 Å². The van der Waals surface area contributed by atoms with Crippen molar-refractivity contribution in [3.63, 3.8) is 0 Å². The average Bonchev–Trinajstić information content (AvgIpc) is 2.54. The summed E-state index contributed by atoms with van der Waals surface area (Å²) in [5, 5.41) is 0. The number of hydrogen-bond acceptors (Lipinski definition) is 6. The van der Waals surface area contributed by atoms with Crippen LogP contribution in [0.3, 0.4) is 0 Å². The van der Waals surface area contributed by atoms with Crippen molar-refractivity contribution in [2.45, 2.75) is 0 Å². The van der Waals surface area contributed by atoms with Crippen molar-refractivity contribution in [3.8, 4) is 5.75 Å². The molecule has 0 spiro atoms. The van der Waals surface area contributed by atoms with Crippen molar-refractivity contribution in [3.05, 3.63) is 40.9 Å². The fraction of sp³-hybridized carbons (Fsp3) is 0.200. The van der Waals surface area contributed by atoms with Gasteiger partial charge in [0.2, 0.25) is 21.4 Å². The SMILES string of the molecule is COS(=O)(=O)[O-].COc1ccc2c(c1)nc1cc(Br)ccc1[n+]2C. The Morgan fingerprint density at radius 2 is 1.62 bits per heavy atom. The molecule has 9 heteroatoms. The summed E-state index contributed by atoms with van der Waals surface area (Å²) in [6.45, 7) is 0. The summed E-state index contributed by atoms with van der Waals surface area (Å²) in [5.74, 6) is 0.823. The molecule has 24 heavy (non-hydrogen) atoms. The second-order valence-corrected chi connectivity index (χ2v) is 6.80. The van der Waals surface area contributed by atoms with Gasteiger partial charge in [0.05, 0.1) is 14.2 Å². The van der Waals surface area contributed by atoms with Crippen LogP contribution in [0.15, 0.2) is 40.9 Å². The number of rotatable bonds is 2. The molecule has 0 unspecified atom stereocenters. The van der Waals surface area contributed by atoms with E-state index in [1.54, 1.807) is 7.11 Å². The van der Waals surface area contributed by atoms with Crippen molar-refractivity contribution >= 4 is 48.4 Å². The fourth-order valence-electron chi connectivity index (χ4n) is 2.13. The normalized spacial score (nSPS) is 11.2. The van der Waals surface area contributed by atoms with Gasteiger partial charge in [0.1, 0.15) is 23.8 Å². The maximum Gasteiger partial charge on any atom is 0.231 e. The molecule has 0 saturated carbocycles. The molecule has 3 aromatic rings. The minimum absolute atomic E-state index is 0.808. The Morgan fingerprint density at radius 3 is 2.17 bits per heavy atom. The van der Waals surface area contributed by atoms with Crippen LogP contribution in [0.1, 0.15) is 0 Å². The summed E-state index contributed by atoms with van der Waals surface area (Å²) >= 11 is 3.48. The van der Waals surface area contributed by atoms with Crippen molar-refractivity contribution in [1.29, 1.82) is 0 Å². The number of halogens is 1. The second kappa shape index (κ2) is 7.39. The zero-order valence-electron chi connectivity index (χ0n) is 13.2. The molecule has 1 heterocycles. The molecule has 0 aliphatic carbocycles. The van der Waals surface area contributed by atoms with E-state index in [1.807, 2.05) is 37.4 Å². The molecule has 1 aromatic heterocycles. The Kier molecular flexibility index (Phi) is 5.70. The average molecular weight is 415 g/mol. The van der Waals surface area contributed by atoms with E-state index >= 15 is 0 Å². The van der Waals surface area contributed by atoms with Gasteiger partial charge in [-0.25, -0.2) is 13.4 Å².